The quantitative estimate of drug-likeness (QED) is 0.190. The van der Waals surface area contributed by atoms with Crippen LogP contribution in [-0.4, -0.2) is 44.4 Å². The molecular formula is C36H39NO3. The van der Waals surface area contributed by atoms with Crippen molar-refractivity contribution < 1.29 is 14.2 Å². The monoisotopic (exact) mass is 533 g/mol. The Morgan fingerprint density at radius 2 is 1.50 bits per heavy atom. The molecule has 40 heavy (non-hydrogen) atoms. The van der Waals surface area contributed by atoms with Crippen LogP contribution in [0.1, 0.15) is 52.5 Å². The summed E-state index contributed by atoms with van der Waals surface area (Å²) in [6.45, 7) is 4.47. The summed E-state index contributed by atoms with van der Waals surface area (Å²) < 4.78 is 17.7. The summed E-state index contributed by atoms with van der Waals surface area (Å²) in [7, 11) is 1.76. The van der Waals surface area contributed by atoms with E-state index in [1.54, 1.807) is 7.11 Å². The fourth-order valence-corrected chi connectivity index (χ4v) is 6.26. The van der Waals surface area contributed by atoms with Crippen LogP contribution in [0.4, 0.5) is 0 Å². The van der Waals surface area contributed by atoms with Crippen LogP contribution in [0.3, 0.4) is 0 Å². The molecule has 1 fully saturated rings. The molecule has 1 aliphatic heterocycles. The number of methoxy groups -OCH3 is 1. The van der Waals surface area contributed by atoms with Gasteiger partial charge >= 0.3 is 0 Å². The Morgan fingerprint density at radius 1 is 0.775 bits per heavy atom. The van der Waals surface area contributed by atoms with Crippen molar-refractivity contribution in [1.82, 2.24) is 4.90 Å². The molecular weight excluding hydrogens is 494 g/mol. The fourth-order valence-electron chi connectivity index (χ4n) is 6.26. The van der Waals surface area contributed by atoms with Crippen LogP contribution in [0, 0.1) is 0 Å². The van der Waals surface area contributed by atoms with E-state index in [0.717, 1.165) is 57.0 Å². The summed E-state index contributed by atoms with van der Waals surface area (Å²) in [5.41, 5.74) is 6.74. The first-order valence-corrected chi connectivity index (χ1v) is 14.6. The maximum atomic E-state index is 6.30. The minimum atomic E-state index is 0.273. The van der Waals surface area contributed by atoms with Gasteiger partial charge in [0.2, 0.25) is 0 Å². The minimum absolute atomic E-state index is 0.273. The van der Waals surface area contributed by atoms with E-state index in [-0.39, 0.29) is 6.10 Å². The van der Waals surface area contributed by atoms with E-state index in [1.165, 1.54) is 27.8 Å². The number of fused-ring (bicyclic) bond motifs is 1. The molecule has 2 atom stereocenters. The number of benzene rings is 4. The summed E-state index contributed by atoms with van der Waals surface area (Å²) in [5, 5.41) is 0. The number of rotatable bonds is 11. The fraction of sp³-hybridized carbons (Fsp3) is 0.333. The Balaban J connectivity index is 1.18. The van der Waals surface area contributed by atoms with Gasteiger partial charge in [0.15, 0.2) is 0 Å². The molecule has 0 saturated carbocycles. The van der Waals surface area contributed by atoms with Crippen molar-refractivity contribution in [2.75, 3.05) is 33.4 Å². The standard InChI is InChI=1S/C36H39NO3/c1-38-22-8-21-37-24-33(25-37)40-31-16-13-29(14-17-31)36-34(28-11-6-3-7-12-28)19-15-30-23-32(18-20-35(30)36)39-26-27-9-4-2-5-10-27/h2-7,9-14,16-18,20,23,33-34,36H,8,15,19,21-22,24-26H2,1H3. The molecule has 0 spiro atoms. The van der Waals surface area contributed by atoms with Gasteiger partial charge in [-0.1, -0.05) is 78.9 Å². The van der Waals surface area contributed by atoms with Crippen molar-refractivity contribution in [1.29, 1.82) is 0 Å². The van der Waals surface area contributed by atoms with E-state index in [4.69, 9.17) is 14.2 Å². The van der Waals surface area contributed by atoms with E-state index in [1.807, 2.05) is 6.07 Å². The lowest BCUT2D eigenvalue weighted by Gasteiger charge is -2.39. The Kier molecular flexibility index (Phi) is 8.46. The van der Waals surface area contributed by atoms with Gasteiger partial charge in [0.1, 0.15) is 24.2 Å². The highest BCUT2D eigenvalue weighted by Crippen LogP contribution is 2.47. The highest BCUT2D eigenvalue weighted by atomic mass is 16.5. The molecule has 6 rings (SSSR count). The van der Waals surface area contributed by atoms with Crippen LogP contribution >= 0.6 is 0 Å². The van der Waals surface area contributed by atoms with Crippen LogP contribution in [0.15, 0.2) is 103 Å². The van der Waals surface area contributed by atoms with Crippen LogP contribution in [0.25, 0.3) is 0 Å². The largest absolute Gasteiger partial charge is 0.489 e. The third kappa shape index (κ3) is 6.24. The van der Waals surface area contributed by atoms with E-state index in [2.05, 4.69) is 102 Å². The second kappa shape index (κ2) is 12.7. The smallest absolute Gasteiger partial charge is 0.124 e. The Bertz CT molecular complexity index is 1350. The first-order chi connectivity index (χ1) is 19.8. The summed E-state index contributed by atoms with van der Waals surface area (Å²) in [4.78, 5) is 2.43. The molecule has 1 aliphatic carbocycles. The first-order valence-electron chi connectivity index (χ1n) is 14.6. The van der Waals surface area contributed by atoms with Crippen molar-refractivity contribution in [3.63, 3.8) is 0 Å². The van der Waals surface area contributed by atoms with Gasteiger partial charge in [-0.3, -0.25) is 4.90 Å². The third-order valence-corrected chi connectivity index (χ3v) is 8.34. The molecule has 4 heteroatoms. The van der Waals surface area contributed by atoms with E-state index < -0.39 is 0 Å². The SMILES string of the molecule is COCCCN1CC(Oc2ccc(C3c4ccc(OCc5ccccc5)cc4CCC3c3ccccc3)cc2)C1. The Labute approximate surface area is 238 Å². The first kappa shape index (κ1) is 26.6. The lowest BCUT2D eigenvalue weighted by atomic mass is 9.69. The summed E-state index contributed by atoms with van der Waals surface area (Å²) in [5.74, 6) is 2.63. The van der Waals surface area contributed by atoms with Crippen molar-refractivity contribution in [2.24, 2.45) is 0 Å². The van der Waals surface area contributed by atoms with Gasteiger partial charge in [-0.25, -0.2) is 0 Å². The van der Waals surface area contributed by atoms with Gasteiger partial charge in [-0.15, -0.1) is 0 Å². The molecule has 0 radical (unpaired) electrons. The van der Waals surface area contributed by atoms with Gasteiger partial charge in [-0.2, -0.15) is 0 Å². The summed E-state index contributed by atoms with van der Waals surface area (Å²) in [6, 6.07) is 37.0. The number of hydrogen-bond acceptors (Lipinski definition) is 4. The topological polar surface area (TPSA) is 30.9 Å². The molecule has 2 aliphatic rings. The number of ether oxygens (including phenoxy) is 3. The Hall–Kier alpha value is -3.60. The molecule has 1 heterocycles. The van der Waals surface area contributed by atoms with Crippen LogP contribution in [0.5, 0.6) is 11.5 Å². The normalized spacial score (nSPS) is 19.0. The zero-order valence-electron chi connectivity index (χ0n) is 23.4. The predicted octanol–water partition coefficient (Wildman–Crippen LogP) is 7.23. The molecule has 0 amide bonds. The molecule has 4 aromatic carbocycles. The van der Waals surface area contributed by atoms with Crippen molar-refractivity contribution in [3.8, 4) is 11.5 Å². The Morgan fingerprint density at radius 3 is 2.25 bits per heavy atom. The van der Waals surface area contributed by atoms with E-state index >= 15 is 0 Å². The van der Waals surface area contributed by atoms with E-state index in [9.17, 15) is 0 Å². The number of hydrogen-bond donors (Lipinski definition) is 0. The van der Waals surface area contributed by atoms with Crippen molar-refractivity contribution in [3.05, 3.63) is 131 Å². The number of aryl methyl sites for hydroxylation is 1. The molecule has 4 nitrogen and oxygen atoms in total. The van der Waals surface area contributed by atoms with Crippen LogP contribution in [-0.2, 0) is 17.8 Å². The van der Waals surface area contributed by atoms with Gasteiger partial charge in [0.25, 0.3) is 0 Å². The van der Waals surface area contributed by atoms with Crippen LogP contribution in [0.2, 0.25) is 0 Å². The average molecular weight is 534 g/mol. The highest BCUT2D eigenvalue weighted by molar-refractivity contribution is 5.48. The molecule has 4 aromatic rings. The lowest BCUT2D eigenvalue weighted by Crippen LogP contribution is -2.53. The average Bonchev–Trinajstić information content (AvgIpc) is 2.99. The third-order valence-electron chi connectivity index (χ3n) is 8.34. The number of likely N-dealkylation sites (tertiary alicyclic amines) is 1. The zero-order valence-corrected chi connectivity index (χ0v) is 23.4. The molecule has 0 bridgehead atoms. The summed E-state index contributed by atoms with van der Waals surface area (Å²) >= 11 is 0. The van der Waals surface area contributed by atoms with Gasteiger partial charge in [0.05, 0.1) is 0 Å². The second-order valence-corrected chi connectivity index (χ2v) is 11.1. The second-order valence-electron chi connectivity index (χ2n) is 11.1. The molecule has 0 N–H and O–H groups in total. The highest BCUT2D eigenvalue weighted by Gasteiger charge is 2.33. The van der Waals surface area contributed by atoms with Crippen LogP contribution < -0.4 is 9.47 Å². The maximum absolute atomic E-state index is 6.30. The van der Waals surface area contributed by atoms with Gasteiger partial charge < -0.3 is 14.2 Å². The van der Waals surface area contributed by atoms with Crippen molar-refractivity contribution in [2.45, 2.75) is 43.8 Å². The van der Waals surface area contributed by atoms with Gasteiger partial charge in [0, 0.05) is 39.3 Å². The molecule has 2 unspecified atom stereocenters. The van der Waals surface area contributed by atoms with E-state index in [0.29, 0.717) is 18.4 Å². The van der Waals surface area contributed by atoms with Crippen molar-refractivity contribution >= 4 is 0 Å². The molecule has 0 aromatic heterocycles. The number of nitrogens with zero attached hydrogens (tertiary/aromatic N) is 1. The lowest BCUT2D eigenvalue weighted by molar-refractivity contribution is 0.0152. The molecule has 206 valence electrons. The van der Waals surface area contributed by atoms with Gasteiger partial charge in [-0.05, 0) is 77.3 Å². The zero-order chi connectivity index (χ0) is 27.1. The maximum Gasteiger partial charge on any atom is 0.124 e. The molecule has 1 saturated heterocycles. The minimum Gasteiger partial charge on any atom is -0.489 e. The predicted molar refractivity (Wildman–Crippen MR) is 160 cm³/mol. The summed E-state index contributed by atoms with van der Waals surface area (Å²) in [6.07, 6.45) is 3.51.